The molecule has 1 atom stereocenters. The molecular formula is C17H16N2O6S. The van der Waals surface area contributed by atoms with Gasteiger partial charge in [-0.05, 0) is 24.3 Å². The number of carboxylic acids is 1. The molecule has 0 aliphatic carbocycles. The first-order chi connectivity index (χ1) is 12.4. The number of para-hydroxylation sites is 1. The Kier molecular flexibility index (Phi) is 4.56. The molecule has 2 amide bonds. The van der Waals surface area contributed by atoms with Crippen molar-refractivity contribution in [1.82, 2.24) is 4.31 Å². The van der Waals surface area contributed by atoms with E-state index in [9.17, 15) is 23.1 Å². The van der Waals surface area contributed by atoms with E-state index >= 15 is 0 Å². The van der Waals surface area contributed by atoms with E-state index in [1.54, 1.807) is 36.4 Å². The lowest BCUT2D eigenvalue weighted by atomic mass is 10.2. The highest BCUT2D eigenvalue weighted by Crippen LogP contribution is 2.30. The lowest BCUT2D eigenvalue weighted by Crippen LogP contribution is -2.40. The van der Waals surface area contributed by atoms with E-state index in [4.69, 9.17) is 4.74 Å². The van der Waals surface area contributed by atoms with Crippen molar-refractivity contribution in [2.75, 3.05) is 18.6 Å². The molecule has 1 aliphatic heterocycles. The fourth-order valence-corrected chi connectivity index (χ4v) is 4.13. The molecule has 1 saturated heterocycles. The molecule has 26 heavy (non-hydrogen) atoms. The number of aliphatic carboxylic acids is 1. The number of benzene rings is 2. The normalized spacial score (nSPS) is 17.4. The largest absolute Gasteiger partial charge is 0.497 e. The summed E-state index contributed by atoms with van der Waals surface area (Å²) in [4.78, 5) is 25.2. The molecule has 1 N–H and O–H groups in total. The number of hydrogen-bond donors (Lipinski definition) is 1. The molecule has 0 saturated carbocycles. The van der Waals surface area contributed by atoms with Crippen molar-refractivity contribution in [3.05, 3.63) is 54.6 Å². The van der Waals surface area contributed by atoms with Gasteiger partial charge in [-0.3, -0.25) is 4.90 Å². The summed E-state index contributed by atoms with van der Waals surface area (Å²) in [5, 5.41) is 9.46. The van der Waals surface area contributed by atoms with E-state index in [0.29, 0.717) is 15.7 Å². The second-order valence-electron chi connectivity index (χ2n) is 5.56. The molecule has 0 bridgehead atoms. The van der Waals surface area contributed by atoms with Gasteiger partial charge in [0, 0.05) is 11.8 Å². The van der Waals surface area contributed by atoms with Gasteiger partial charge in [0.1, 0.15) is 5.75 Å². The molecule has 0 unspecified atom stereocenters. The number of amides is 2. The zero-order chi connectivity index (χ0) is 18.9. The average molecular weight is 376 g/mol. The van der Waals surface area contributed by atoms with Crippen LogP contribution in [0.1, 0.15) is 0 Å². The number of ether oxygens (including phenoxy) is 1. The van der Waals surface area contributed by atoms with Crippen LogP contribution in [0.5, 0.6) is 5.75 Å². The Bertz CT molecular complexity index is 945. The number of carbonyl (C=O) groups excluding carboxylic acids is 1. The Morgan fingerprint density at radius 3 is 2.46 bits per heavy atom. The second kappa shape index (κ2) is 6.68. The topological polar surface area (TPSA) is 104 Å². The maximum atomic E-state index is 12.9. The van der Waals surface area contributed by atoms with Crippen LogP contribution in [0.3, 0.4) is 0 Å². The third-order valence-electron chi connectivity index (χ3n) is 4.02. The van der Waals surface area contributed by atoms with Crippen molar-refractivity contribution in [3.8, 4) is 5.75 Å². The number of urea groups is 1. The third kappa shape index (κ3) is 2.97. The van der Waals surface area contributed by atoms with E-state index in [1.165, 1.54) is 25.3 Å². The summed E-state index contributed by atoms with van der Waals surface area (Å²) in [7, 11) is -2.84. The summed E-state index contributed by atoms with van der Waals surface area (Å²) in [6, 6.07) is 11.5. The van der Waals surface area contributed by atoms with Crippen LogP contribution in [0.25, 0.3) is 0 Å². The molecule has 1 heterocycles. The summed E-state index contributed by atoms with van der Waals surface area (Å²) in [6.07, 6.45) is 0. The monoisotopic (exact) mass is 376 g/mol. The molecule has 9 heteroatoms. The zero-order valence-electron chi connectivity index (χ0n) is 13.8. The predicted octanol–water partition coefficient (Wildman–Crippen LogP) is 1.78. The fourth-order valence-electron chi connectivity index (χ4n) is 2.73. The number of hydrogen-bond acceptors (Lipinski definition) is 5. The van der Waals surface area contributed by atoms with Gasteiger partial charge in [0.2, 0.25) is 0 Å². The molecule has 2 aromatic carbocycles. The van der Waals surface area contributed by atoms with E-state index in [-0.39, 0.29) is 4.90 Å². The summed E-state index contributed by atoms with van der Waals surface area (Å²) in [6.45, 7) is -0.484. The predicted molar refractivity (Wildman–Crippen MR) is 92.6 cm³/mol. The number of anilines is 1. The van der Waals surface area contributed by atoms with Crippen molar-refractivity contribution in [2.45, 2.75) is 10.9 Å². The number of methoxy groups -OCH3 is 1. The number of nitrogens with zero attached hydrogens (tertiary/aromatic N) is 2. The first-order valence-electron chi connectivity index (χ1n) is 7.64. The van der Waals surface area contributed by atoms with Crippen LogP contribution in [-0.2, 0) is 14.8 Å². The Morgan fingerprint density at radius 1 is 1.15 bits per heavy atom. The molecule has 0 spiro atoms. The highest BCUT2D eigenvalue weighted by Gasteiger charge is 2.47. The van der Waals surface area contributed by atoms with Crippen LogP contribution in [0.2, 0.25) is 0 Å². The van der Waals surface area contributed by atoms with Gasteiger partial charge in [-0.15, -0.1) is 0 Å². The first kappa shape index (κ1) is 17.7. The molecule has 3 rings (SSSR count). The van der Waals surface area contributed by atoms with Gasteiger partial charge < -0.3 is 9.84 Å². The van der Waals surface area contributed by atoms with Gasteiger partial charge in [0.05, 0.1) is 18.6 Å². The Balaban J connectivity index is 2.03. The maximum absolute atomic E-state index is 12.9. The van der Waals surface area contributed by atoms with E-state index in [0.717, 1.165) is 4.90 Å². The molecule has 1 aliphatic rings. The lowest BCUT2D eigenvalue weighted by molar-refractivity contribution is -0.138. The molecular weight excluding hydrogens is 360 g/mol. The summed E-state index contributed by atoms with van der Waals surface area (Å²) < 4.78 is 31.4. The summed E-state index contributed by atoms with van der Waals surface area (Å²) >= 11 is 0. The van der Waals surface area contributed by atoms with Crippen molar-refractivity contribution >= 4 is 27.7 Å². The highest BCUT2D eigenvalue weighted by molar-refractivity contribution is 7.89. The standard InChI is InChI=1S/C17H16N2O6S/c1-25-13-8-5-9-14(10-13)26(23,24)18-11-15(16(20)21)19(17(18)22)12-6-3-2-4-7-12/h2-10,15H,11H2,1H3,(H,20,21)/t15-/m0/s1. The summed E-state index contributed by atoms with van der Waals surface area (Å²) in [5.74, 6) is -0.974. The number of rotatable bonds is 5. The Morgan fingerprint density at radius 2 is 1.85 bits per heavy atom. The Hall–Kier alpha value is -3.07. The van der Waals surface area contributed by atoms with E-state index < -0.39 is 34.6 Å². The molecule has 1 fully saturated rings. The van der Waals surface area contributed by atoms with Crippen LogP contribution in [0.4, 0.5) is 10.5 Å². The van der Waals surface area contributed by atoms with Gasteiger partial charge in [-0.25, -0.2) is 22.3 Å². The minimum absolute atomic E-state index is 0.149. The SMILES string of the molecule is COc1cccc(S(=O)(=O)N2C[C@@H](C(=O)O)N(c3ccccc3)C2=O)c1. The Labute approximate surface area is 150 Å². The molecule has 136 valence electrons. The molecule has 2 aromatic rings. The van der Waals surface area contributed by atoms with Gasteiger partial charge in [0.25, 0.3) is 10.0 Å². The molecule has 8 nitrogen and oxygen atoms in total. The lowest BCUT2D eigenvalue weighted by Gasteiger charge is -2.20. The van der Waals surface area contributed by atoms with Gasteiger partial charge in [-0.1, -0.05) is 24.3 Å². The van der Waals surface area contributed by atoms with Crippen LogP contribution in [-0.4, -0.2) is 49.5 Å². The van der Waals surface area contributed by atoms with Crippen LogP contribution >= 0.6 is 0 Å². The first-order valence-corrected chi connectivity index (χ1v) is 9.08. The van der Waals surface area contributed by atoms with E-state index in [2.05, 4.69) is 0 Å². The smallest absolute Gasteiger partial charge is 0.339 e. The quantitative estimate of drug-likeness (QED) is 0.853. The fraction of sp³-hybridized carbons (Fsp3) is 0.176. The van der Waals surface area contributed by atoms with E-state index in [1.807, 2.05) is 0 Å². The molecule has 0 radical (unpaired) electrons. The molecule has 0 aromatic heterocycles. The number of sulfonamides is 1. The minimum atomic E-state index is -4.23. The third-order valence-corrected chi connectivity index (χ3v) is 5.75. The zero-order valence-corrected chi connectivity index (χ0v) is 14.6. The van der Waals surface area contributed by atoms with Crippen LogP contribution in [0.15, 0.2) is 59.5 Å². The van der Waals surface area contributed by atoms with Gasteiger partial charge in [0.15, 0.2) is 6.04 Å². The number of carbonyl (C=O) groups is 2. The van der Waals surface area contributed by atoms with Gasteiger partial charge in [-0.2, -0.15) is 0 Å². The maximum Gasteiger partial charge on any atom is 0.339 e. The van der Waals surface area contributed by atoms with Crippen LogP contribution < -0.4 is 9.64 Å². The average Bonchev–Trinajstić information content (AvgIpc) is 3.00. The second-order valence-corrected chi connectivity index (χ2v) is 7.42. The summed E-state index contributed by atoms with van der Waals surface area (Å²) in [5.41, 5.74) is 0.313. The van der Waals surface area contributed by atoms with Crippen LogP contribution in [0, 0.1) is 0 Å². The van der Waals surface area contributed by atoms with Crippen molar-refractivity contribution in [2.24, 2.45) is 0 Å². The number of carboxylic acid groups (broad SMARTS) is 1. The van der Waals surface area contributed by atoms with Gasteiger partial charge >= 0.3 is 12.0 Å². The van der Waals surface area contributed by atoms with Crippen molar-refractivity contribution in [1.29, 1.82) is 0 Å². The van der Waals surface area contributed by atoms with Crippen molar-refractivity contribution < 1.29 is 27.9 Å². The minimum Gasteiger partial charge on any atom is -0.497 e. The van der Waals surface area contributed by atoms with Crippen molar-refractivity contribution in [3.63, 3.8) is 0 Å². The highest BCUT2D eigenvalue weighted by atomic mass is 32.2.